The second-order valence-electron chi connectivity index (χ2n) is 5.42. The van der Waals surface area contributed by atoms with Gasteiger partial charge in [0.1, 0.15) is 11.6 Å². The highest BCUT2D eigenvalue weighted by atomic mass is 16.5. The van der Waals surface area contributed by atoms with E-state index in [0.717, 1.165) is 43.6 Å². The molecule has 116 valence electrons. The molecule has 0 spiro atoms. The van der Waals surface area contributed by atoms with Gasteiger partial charge in [0.2, 0.25) is 5.95 Å². The summed E-state index contributed by atoms with van der Waals surface area (Å²) >= 11 is 0. The normalized spacial score (nSPS) is 14.1. The second kappa shape index (κ2) is 7.11. The van der Waals surface area contributed by atoms with E-state index in [0.29, 0.717) is 0 Å². The van der Waals surface area contributed by atoms with Crippen molar-refractivity contribution in [3.05, 3.63) is 42.1 Å². The van der Waals surface area contributed by atoms with E-state index in [-0.39, 0.29) is 0 Å². The maximum absolute atomic E-state index is 5.37. The number of para-hydroxylation sites is 1. The standard InChI is InChI=1S/C17H22N4O/c1-22-15-7-3-2-6-14(15)8-10-18-16-9-11-19-17(20-16)21-12-4-5-13-21/h2-3,6-7,9,11H,4-5,8,10,12-13H2,1H3,(H,18,19,20). The Balaban J connectivity index is 1.58. The Bertz CT molecular complexity index is 611. The molecule has 5 heteroatoms. The molecule has 1 aromatic heterocycles. The van der Waals surface area contributed by atoms with Crippen LogP contribution < -0.4 is 15.0 Å². The van der Waals surface area contributed by atoms with Crippen LogP contribution in [-0.2, 0) is 6.42 Å². The molecule has 1 aliphatic heterocycles. The van der Waals surface area contributed by atoms with Crippen LogP contribution in [0.15, 0.2) is 36.5 Å². The zero-order valence-corrected chi connectivity index (χ0v) is 13.0. The number of hydrogen-bond donors (Lipinski definition) is 1. The molecule has 0 atom stereocenters. The summed E-state index contributed by atoms with van der Waals surface area (Å²) in [6.45, 7) is 2.94. The highest BCUT2D eigenvalue weighted by Gasteiger charge is 2.14. The van der Waals surface area contributed by atoms with E-state index in [1.165, 1.54) is 18.4 Å². The van der Waals surface area contributed by atoms with Crippen molar-refractivity contribution in [2.45, 2.75) is 19.3 Å². The van der Waals surface area contributed by atoms with Gasteiger partial charge < -0.3 is 15.0 Å². The molecule has 0 bridgehead atoms. The number of ether oxygens (including phenoxy) is 1. The lowest BCUT2D eigenvalue weighted by Crippen LogP contribution is -2.21. The smallest absolute Gasteiger partial charge is 0.227 e. The van der Waals surface area contributed by atoms with Crippen LogP contribution in [0.3, 0.4) is 0 Å². The molecule has 3 rings (SSSR count). The van der Waals surface area contributed by atoms with Crippen LogP contribution in [0, 0.1) is 0 Å². The summed E-state index contributed by atoms with van der Waals surface area (Å²) in [5, 5.41) is 3.37. The highest BCUT2D eigenvalue weighted by molar-refractivity contribution is 5.42. The first-order chi connectivity index (χ1) is 10.9. The number of aromatic nitrogens is 2. The molecule has 0 radical (unpaired) electrons. The number of methoxy groups -OCH3 is 1. The Morgan fingerprint density at radius 3 is 2.82 bits per heavy atom. The van der Waals surface area contributed by atoms with Gasteiger partial charge in [0.15, 0.2) is 0 Å². The number of nitrogens with one attached hydrogen (secondary N) is 1. The summed E-state index contributed by atoms with van der Waals surface area (Å²) < 4.78 is 5.37. The molecule has 0 unspecified atom stereocenters. The van der Waals surface area contributed by atoms with Crippen LogP contribution in [0.5, 0.6) is 5.75 Å². The first kappa shape index (κ1) is 14.6. The van der Waals surface area contributed by atoms with E-state index in [1.807, 2.05) is 30.5 Å². The zero-order valence-electron chi connectivity index (χ0n) is 13.0. The minimum Gasteiger partial charge on any atom is -0.496 e. The largest absolute Gasteiger partial charge is 0.496 e. The van der Waals surface area contributed by atoms with Gasteiger partial charge in [0, 0.05) is 25.8 Å². The van der Waals surface area contributed by atoms with E-state index >= 15 is 0 Å². The number of nitrogens with zero attached hydrogens (tertiary/aromatic N) is 3. The summed E-state index contributed by atoms with van der Waals surface area (Å²) in [5.41, 5.74) is 1.20. The number of anilines is 2. The molecule has 1 aliphatic rings. The maximum Gasteiger partial charge on any atom is 0.227 e. The van der Waals surface area contributed by atoms with Crippen molar-refractivity contribution in [1.82, 2.24) is 9.97 Å². The Morgan fingerprint density at radius 1 is 1.18 bits per heavy atom. The first-order valence-corrected chi connectivity index (χ1v) is 7.80. The van der Waals surface area contributed by atoms with Crippen molar-refractivity contribution < 1.29 is 4.74 Å². The number of hydrogen-bond acceptors (Lipinski definition) is 5. The fraction of sp³-hybridized carbons (Fsp3) is 0.412. The number of rotatable bonds is 6. The second-order valence-corrected chi connectivity index (χ2v) is 5.42. The Morgan fingerprint density at radius 2 is 2.00 bits per heavy atom. The van der Waals surface area contributed by atoms with Gasteiger partial charge in [-0.2, -0.15) is 4.98 Å². The third kappa shape index (κ3) is 3.47. The lowest BCUT2D eigenvalue weighted by atomic mass is 10.1. The monoisotopic (exact) mass is 298 g/mol. The van der Waals surface area contributed by atoms with Gasteiger partial charge in [0.05, 0.1) is 7.11 Å². The van der Waals surface area contributed by atoms with Crippen LogP contribution in [0.25, 0.3) is 0 Å². The highest BCUT2D eigenvalue weighted by Crippen LogP contribution is 2.19. The average molecular weight is 298 g/mol. The van der Waals surface area contributed by atoms with Crippen molar-refractivity contribution in [3.8, 4) is 5.75 Å². The molecule has 2 aromatic rings. The fourth-order valence-electron chi connectivity index (χ4n) is 2.75. The van der Waals surface area contributed by atoms with Gasteiger partial charge in [-0.25, -0.2) is 4.98 Å². The van der Waals surface area contributed by atoms with Crippen LogP contribution in [0.1, 0.15) is 18.4 Å². The molecule has 0 aliphatic carbocycles. The third-order valence-corrected chi connectivity index (χ3v) is 3.92. The number of benzene rings is 1. The van der Waals surface area contributed by atoms with Gasteiger partial charge in [-0.05, 0) is 37.0 Å². The van der Waals surface area contributed by atoms with Crippen molar-refractivity contribution in [1.29, 1.82) is 0 Å². The van der Waals surface area contributed by atoms with Crippen molar-refractivity contribution in [2.24, 2.45) is 0 Å². The Kier molecular flexibility index (Phi) is 4.73. The molecular formula is C17H22N4O. The molecular weight excluding hydrogens is 276 g/mol. The SMILES string of the molecule is COc1ccccc1CCNc1ccnc(N2CCCC2)n1. The van der Waals surface area contributed by atoms with Gasteiger partial charge in [0.25, 0.3) is 0 Å². The Hall–Kier alpha value is -2.30. The minimum atomic E-state index is 0.816. The molecule has 1 N–H and O–H groups in total. The van der Waals surface area contributed by atoms with Gasteiger partial charge in [-0.3, -0.25) is 0 Å². The van der Waals surface area contributed by atoms with Crippen molar-refractivity contribution in [3.63, 3.8) is 0 Å². The lowest BCUT2D eigenvalue weighted by molar-refractivity contribution is 0.410. The summed E-state index contributed by atoms with van der Waals surface area (Å²) in [6, 6.07) is 10.0. The summed E-state index contributed by atoms with van der Waals surface area (Å²) in [6.07, 6.45) is 5.18. The van der Waals surface area contributed by atoms with Crippen molar-refractivity contribution in [2.75, 3.05) is 37.0 Å². The van der Waals surface area contributed by atoms with Crippen LogP contribution in [-0.4, -0.2) is 36.7 Å². The van der Waals surface area contributed by atoms with Crippen LogP contribution in [0.2, 0.25) is 0 Å². The molecule has 1 fully saturated rings. The van der Waals surface area contributed by atoms with E-state index in [2.05, 4.69) is 26.3 Å². The first-order valence-electron chi connectivity index (χ1n) is 7.80. The third-order valence-electron chi connectivity index (χ3n) is 3.92. The van der Waals surface area contributed by atoms with Gasteiger partial charge >= 0.3 is 0 Å². The quantitative estimate of drug-likeness (QED) is 0.888. The van der Waals surface area contributed by atoms with E-state index < -0.39 is 0 Å². The Labute approximate surface area is 131 Å². The van der Waals surface area contributed by atoms with Crippen molar-refractivity contribution >= 4 is 11.8 Å². The molecule has 1 saturated heterocycles. The van der Waals surface area contributed by atoms with E-state index in [9.17, 15) is 0 Å². The van der Waals surface area contributed by atoms with Crippen LogP contribution in [0.4, 0.5) is 11.8 Å². The van der Waals surface area contributed by atoms with E-state index in [1.54, 1.807) is 7.11 Å². The van der Waals surface area contributed by atoms with Gasteiger partial charge in [-0.15, -0.1) is 0 Å². The molecule has 22 heavy (non-hydrogen) atoms. The average Bonchev–Trinajstić information content (AvgIpc) is 3.10. The summed E-state index contributed by atoms with van der Waals surface area (Å²) in [5.74, 6) is 2.65. The predicted molar refractivity (Wildman–Crippen MR) is 88.7 cm³/mol. The minimum absolute atomic E-state index is 0.816. The fourth-order valence-corrected chi connectivity index (χ4v) is 2.75. The maximum atomic E-state index is 5.37. The lowest BCUT2D eigenvalue weighted by Gasteiger charge is -2.16. The van der Waals surface area contributed by atoms with E-state index in [4.69, 9.17) is 4.74 Å². The predicted octanol–water partition coefficient (Wildman–Crippen LogP) is 2.74. The molecule has 5 nitrogen and oxygen atoms in total. The summed E-state index contributed by atoms with van der Waals surface area (Å²) in [7, 11) is 1.71. The topological polar surface area (TPSA) is 50.3 Å². The molecule has 2 heterocycles. The molecule has 0 saturated carbocycles. The van der Waals surface area contributed by atoms with Crippen LogP contribution >= 0.6 is 0 Å². The van der Waals surface area contributed by atoms with Gasteiger partial charge in [-0.1, -0.05) is 18.2 Å². The molecule has 0 amide bonds. The molecule has 1 aromatic carbocycles. The summed E-state index contributed by atoms with van der Waals surface area (Å²) in [4.78, 5) is 11.2. The zero-order chi connectivity index (χ0) is 15.2.